The van der Waals surface area contributed by atoms with Gasteiger partial charge < -0.3 is 16.4 Å². The van der Waals surface area contributed by atoms with Crippen molar-refractivity contribution in [1.82, 2.24) is 15.3 Å². The lowest BCUT2D eigenvalue weighted by atomic mass is 10.0. The van der Waals surface area contributed by atoms with Crippen LogP contribution in [0, 0.1) is 5.95 Å². The highest BCUT2D eigenvalue weighted by atomic mass is 32.1. The van der Waals surface area contributed by atoms with E-state index in [2.05, 4.69) is 20.6 Å². The monoisotopic (exact) mass is 601 g/mol. The molecule has 4 aromatic rings. The second kappa shape index (κ2) is 13.0. The quantitative estimate of drug-likeness (QED) is 0.145. The number of aldehydes is 1. The number of alkyl halides is 6. The van der Waals surface area contributed by atoms with Crippen molar-refractivity contribution in [1.29, 1.82) is 0 Å². The maximum Gasteiger partial charge on any atom is 0.446 e. The highest BCUT2D eigenvalue weighted by molar-refractivity contribution is 7.19. The normalized spacial score (nSPS) is 12.3. The first kappa shape index (κ1) is 31.4. The topological polar surface area (TPSA) is 110 Å². The molecule has 7 nitrogen and oxygen atoms in total. The fraction of sp³-hybridized carbons (Fsp3) is 0.231. The van der Waals surface area contributed by atoms with E-state index in [1.54, 1.807) is 12.1 Å². The molecule has 1 amide bonds. The summed E-state index contributed by atoms with van der Waals surface area (Å²) in [4.78, 5) is 29.8. The maximum atomic E-state index is 13.6. The summed E-state index contributed by atoms with van der Waals surface area (Å²) in [5.41, 5.74) is 7.04. The fourth-order valence-electron chi connectivity index (χ4n) is 3.54. The number of hydrogen-bond donors (Lipinski definition) is 3. The van der Waals surface area contributed by atoms with Crippen molar-refractivity contribution in [3.63, 3.8) is 0 Å². The number of halogens is 7. The number of rotatable bonds is 7. The summed E-state index contributed by atoms with van der Waals surface area (Å²) in [6.07, 6.45) is -8.29. The highest BCUT2D eigenvalue weighted by Crippen LogP contribution is 2.35. The molecule has 41 heavy (non-hydrogen) atoms. The Morgan fingerprint density at radius 3 is 2.29 bits per heavy atom. The van der Waals surface area contributed by atoms with Crippen LogP contribution in [-0.4, -0.2) is 48.0 Å². The molecule has 4 N–H and O–H groups in total. The van der Waals surface area contributed by atoms with Gasteiger partial charge in [0.1, 0.15) is 5.69 Å². The van der Waals surface area contributed by atoms with E-state index in [1.807, 2.05) is 6.07 Å². The van der Waals surface area contributed by atoms with E-state index >= 15 is 0 Å². The van der Waals surface area contributed by atoms with Crippen molar-refractivity contribution in [3.8, 4) is 10.4 Å². The fourth-order valence-corrected chi connectivity index (χ4v) is 4.51. The number of pyridine rings is 1. The number of fused-ring (bicyclic) bond motifs is 1. The highest BCUT2D eigenvalue weighted by Gasteiger charge is 2.30. The van der Waals surface area contributed by atoms with E-state index in [1.165, 1.54) is 42.8 Å². The van der Waals surface area contributed by atoms with Crippen LogP contribution >= 0.6 is 11.3 Å². The lowest BCUT2D eigenvalue weighted by Crippen LogP contribution is -2.31. The molecular weight excluding hydrogens is 579 g/mol. The van der Waals surface area contributed by atoms with Crippen LogP contribution in [-0.2, 0) is 17.4 Å². The molecule has 0 bridgehead atoms. The van der Waals surface area contributed by atoms with E-state index in [0.717, 1.165) is 17.5 Å². The largest absolute Gasteiger partial charge is 0.446 e. The van der Waals surface area contributed by atoms with Crippen molar-refractivity contribution < 1.29 is 40.3 Å². The van der Waals surface area contributed by atoms with Gasteiger partial charge in [0.2, 0.25) is 12.2 Å². The van der Waals surface area contributed by atoms with Gasteiger partial charge in [-0.3, -0.25) is 9.59 Å². The van der Waals surface area contributed by atoms with Crippen LogP contribution in [0.1, 0.15) is 21.6 Å². The van der Waals surface area contributed by atoms with Gasteiger partial charge in [-0.25, -0.2) is 9.97 Å². The number of amides is 1. The van der Waals surface area contributed by atoms with Crippen molar-refractivity contribution in [2.75, 3.05) is 18.9 Å². The summed E-state index contributed by atoms with van der Waals surface area (Å²) >= 11 is 1.25. The molecule has 0 unspecified atom stereocenters. The third kappa shape index (κ3) is 8.94. The Morgan fingerprint density at radius 2 is 1.71 bits per heavy atom. The zero-order valence-corrected chi connectivity index (χ0v) is 21.9. The van der Waals surface area contributed by atoms with Crippen molar-refractivity contribution in [3.05, 3.63) is 77.5 Å². The molecular formula is C26H22F7N5O2S. The minimum absolute atomic E-state index is 0.213. The number of thiazole rings is 1. The molecule has 218 valence electrons. The molecule has 0 spiro atoms. The van der Waals surface area contributed by atoms with Gasteiger partial charge >= 0.3 is 12.4 Å². The number of carbonyl (C=O) groups excluding carboxylic acids is 2. The Hall–Kier alpha value is -4.11. The van der Waals surface area contributed by atoms with Gasteiger partial charge in [-0.05, 0) is 41.1 Å². The van der Waals surface area contributed by atoms with Crippen molar-refractivity contribution in [2.24, 2.45) is 5.73 Å². The molecule has 0 radical (unpaired) electrons. The van der Waals surface area contributed by atoms with Crippen LogP contribution in [0.3, 0.4) is 0 Å². The summed E-state index contributed by atoms with van der Waals surface area (Å²) in [5, 5.41) is 7.53. The van der Waals surface area contributed by atoms with Crippen LogP contribution in [0.15, 0.2) is 54.7 Å². The lowest BCUT2D eigenvalue weighted by Gasteiger charge is -2.13. The number of carbonyl (C=O) groups is 2. The maximum absolute atomic E-state index is 13.6. The third-order valence-electron chi connectivity index (χ3n) is 5.45. The van der Waals surface area contributed by atoms with E-state index in [4.69, 9.17) is 10.5 Å². The molecule has 0 aliphatic rings. The summed E-state index contributed by atoms with van der Waals surface area (Å²) in [7, 11) is 1.50. The van der Waals surface area contributed by atoms with Gasteiger partial charge in [-0.1, -0.05) is 35.6 Å². The smallest absolute Gasteiger partial charge is 0.360 e. The van der Waals surface area contributed by atoms with E-state index in [-0.39, 0.29) is 18.1 Å². The number of nitrogens with zero attached hydrogens (tertiary/aromatic N) is 2. The summed E-state index contributed by atoms with van der Waals surface area (Å²) in [6, 6.07) is 11.2. The van der Waals surface area contributed by atoms with Crippen LogP contribution in [0.4, 0.5) is 35.9 Å². The minimum Gasteiger partial charge on any atom is -0.360 e. The predicted molar refractivity (Wildman–Crippen MR) is 140 cm³/mol. The molecule has 2 aromatic heterocycles. The minimum atomic E-state index is -4.64. The lowest BCUT2D eigenvalue weighted by molar-refractivity contribution is -0.156. The van der Waals surface area contributed by atoms with Gasteiger partial charge in [0.25, 0.3) is 5.91 Å². The number of nitrogens with one attached hydrogen (secondary N) is 2. The van der Waals surface area contributed by atoms with Crippen LogP contribution in [0.2, 0.25) is 0 Å². The Labute approximate surface area is 232 Å². The SMILES string of the molecule is CNC(=O)c1nc(NC[C@@H](N)Cc2ccc(C(F)(F)F)cc2)sc1-c1ccc2cnc(F)cc2c1.O=CC(F)(F)F. The first-order chi connectivity index (χ1) is 19.2. The number of aromatic nitrogens is 2. The average molecular weight is 602 g/mol. The van der Waals surface area contributed by atoms with E-state index in [0.29, 0.717) is 32.9 Å². The molecule has 4 rings (SSSR count). The second-order valence-electron chi connectivity index (χ2n) is 8.54. The molecule has 1 atom stereocenters. The van der Waals surface area contributed by atoms with Crippen LogP contribution < -0.4 is 16.4 Å². The van der Waals surface area contributed by atoms with E-state index in [9.17, 15) is 35.5 Å². The summed E-state index contributed by atoms with van der Waals surface area (Å²) < 4.78 is 83.0. The molecule has 2 heterocycles. The Balaban J connectivity index is 0.000000696. The average Bonchev–Trinajstić information content (AvgIpc) is 3.35. The molecule has 2 aromatic carbocycles. The molecule has 0 fully saturated rings. The van der Waals surface area contributed by atoms with Gasteiger partial charge in [-0.2, -0.15) is 30.7 Å². The van der Waals surface area contributed by atoms with Gasteiger partial charge in [-0.15, -0.1) is 0 Å². The Morgan fingerprint density at radius 1 is 1.05 bits per heavy atom. The molecule has 15 heteroatoms. The number of benzene rings is 2. The Kier molecular flexibility index (Phi) is 9.99. The standard InChI is InChI=1S/C24H21F4N5OS.C2HF3O/c1-30-22(34)20-21(14-4-5-15-11-31-19(25)10-16(15)9-14)35-23(33-20)32-12-18(29)8-13-2-6-17(7-3-13)24(26,27)28;3-2(4,5)1-6/h2-7,9-11,18H,8,12,29H2,1H3,(H,30,34)(H,32,33);1H/t18-;/m0./s1. The third-order valence-corrected chi connectivity index (χ3v) is 6.51. The first-order valence-corrected chi connectivity index (χ1v) is 12.5. The van der Waals surface area contributed by atoms with Gasteiger partial charge in [0, 0.05) is 37.3 Å². The number of nitrogens with two attached hydrogens (primary N) is 1. The van der Waals surface area contributed by atoms with Crippen molar-refractivity contribution in [2.45, 2.75) is 24.8 Å². The zero-order chi connectivity index (χ0) is 30.4. The molecule has 0 saturated carbocycles. The van der Waals surface area contributed by atoms with Crippen LogP contribution in [0.5, 0.6) is 0 Å². The number of anilines is 1. The number of hydrogen-bond acceptors (Lipinski definition) is 7. The van der Waals surface area contributed by atoms with E-state index < -0.39 is 36.2 Å². The second-order valence-corrected chi connectivity index (χ2v) is 9.54. The Bertz CT molecular complexity index is 1510. The zero-order valence-electron chi connectivity index (χ0n) is 21.1. The molecule has 0 saturated heterocycles. The predicted octanol–water partition coefficient (Wildman–Crippen LogP) is 5.61. The van der Waals surface area contributed by atoms with Crippen molar-refractivity contribution >= 4 is 39.4 Å². The van der Waals surface area contributed by atoms with Crippen LogP contribution in [0.25, 0.3) is 21.2 Å². The summed E-state index contributed by atoms with van der Waals surface area (Å²) in [5.74, 6) is -0.978. The molecule has 0 aliphatic carbocycles. The van der Waals surface area contributed by atoms with Gasteiger partial charge in [0.15, 0.2) is 5.13 Å². The molecule has 0 aliphatic heterocycles. The van der Waals surface area contributed by atoms with Gasteiger partial charge in [0.05, 0.1) is 10.4 Å². The first-order valence-electron chi connectivity index (χ1n) is 11.7. The summed E-state index contributed by atoms with van der Waals surface area (Å²) in [6.45, 7) is 0.287.